The summed E-state index contributed by atoms with van der Waals surface area (Å²) in [6.07, 6.45) is 2.04. The summed E-state index contributed by atoms with van der Waals surface area (Å²) in [4.78, 5) is 119. The van der Waals surface area contributed by atoms with Gasteiger partial charge in [-0.15, -0.1) is 0 Å². The minimum atomic E-state index is -1.92. The fraction of sp³-hybridized carbons (Fsp3) is 0.500. The SMILES string of the molecule is CCCC(NC(=O)C1C[C@@H](NC(=O)OCC(C)C)CN1C(=O)[C@@H](NC(=O)c1c(F)ccc(F)c1C(=O)O)C1CCCCC1)C(=O)C(=O)NCC(=O)N[C@H](C(N)=O)c1ccccc1. The highest BCUT2D eigenvalue weighted by Gasteiger charge is 2.46. The molecule has 0 spiro atoms. The molecule has 2 fully saturated rings. The number of nitrogens with two attached hydrogens (primary N) is 1. The molecule has 1 aliphatic carbocycles. The van der Waals surface area contributed by atoms with Crippen molar-refractivity contribution in [3.05, 3.63) is 70.8 Å². The number of hydrogen-bond donors (Lipinski definition) is 7. The van der Waals surface area contributed by atoms with Gasteiger partial charge in [0.25, 0.3) is 11.8 Å². The van der Waals surface area contributed by atoms with E-state index in [4.69, 9.17) is 10.5 Å². The third kappa shape index (κ3) is 12.8. The Morgan fingerprint density at radius 3 is 2.13 bits per heavy atom. The van der Waals surface area contributed by atoms with Crippen molar-refractivity contribution in [2.24, 2.45) is 17.6 Å². The topological polar surface area (TPSA) is 272 Å². The van der Waals surface area contributed by atoms with Gasteiger partial charge in [-0.2, -0.15) is 0 Å². The van der Waals surface area contributed by atoms with Crippen LogP contribution in [0.25, 0.3) is 0 Å². The summed E-state index contributed by atoms with van der Waals surface area (Å²) in [6, 6.07) is 2.70. The highest BCUT2D eigenvalue weighted by Crippen LogP contribution is 2.30. The molecule has 1 saturated carbocycles. The molecule has 2 aromatic carbocycles. The summed E-state index contributed by atoms with van der Waals surface area (Å²) in [5.74, 6) is -12.5. The normalized spacial score (nSPS) is 17.8. The number of rotatable bonds is 19. The van der Waals surface area contributed by atoms with E-state index in [1.165, 1.54) is 0 Å². The Morgan fingerprint density at radius 2 is 1.53 bits per heavy atom. The molecule has 1 heterocycles. The van der Waals surface area contributed by atoms with Gasteiger partial charge in [0.2, 0.25) is 29.4 Å². The van der Waals surface area contributed by atoms with Crippen LogP contribution in [0, 0.1) is 23.5 Å². The van der Waals surface area contributed by atoms with Gasteiger partial charge in [-0.1, -0.05) is 76.8 Å². The summed E-state index contributed by atoms with van der Waals surface area (Å²) in [5.41, 5.74) is 3.46. The molecule has 20 heteroatoms. The van der Waals surface area contributed by atoms with Crippen molar-refractivity contribution in [2.45, 2.75) is 102 Å². The largest absolute Gasteiger partial charge is 0.478 e. The van der Waals surface area contributed by atoms with E-state index in [1.54, 1.807) is 37.3 Å². The molecule has 8 N–H and O–H groups in total. The number of benzene rings is 2. The number of alkyl carbamates (subject to hydrolysis) is 1. The van der Waals surface area contributed by atoms with E-state index in [0.717, 1.165) is 11.3 Å². The quantitative estimate of drug-likeness (QED) is 0.100. The van der Waals surface area contributed by atoms with Gasteiger partial charge in [0, 0.05) is 6.54 Å². The third-order valence-electron chi connectivity index (χ3n) is 10.5. The van der Waals surface area contributed by atoms with Gasteiger partial charge in [-0.05, 0) is 55.2 Å². The van der Waals surface area contributed by atoms with Gasteiger partial charge in [-0.3, -0.25) is 33.6 Å². The number of nitrogens with one attached hydrogen (secondary N) is 5. The fourth-order valence-electron chi connectivity index (χ4n) is 7.51. The number of Topliss-reactive ketones (excluding diaryl/α,β-unsaturated/α-hetero) is 1. The van der Waals surface area contributed by atoms with Crippen LogP contribution < -0.4 is 32.3 Å². The van der Waals surface area contributed by atoms with Crippen molar-refractivity contribution in [3.8, 4) is 0 Å². The maximum absolute atomic E-state index is 15.0. The molecule has 4 rings (SSSR count). The Bertz CT molecular complexity index is 2010. The number of primary amides is 1. The molecule has 336 valence electrons. The van der Waals surface area contributed by atoms with Crippen LogP contribution in [0.1, 0.15) is 104 Å². The van der Waals surface area contributed by atoms with Crippen molar-refractivity contribution < 1.29 is 61.8 Å². The Balaban J connectivity index is 1.57. The minimum Gasteiger partial charge on any atom is -0.478 e. The smallest absolute Gasteiger partial charge is 0.407 e. The number of likely N-dealkylation sites (tertiary alicyclic amines) is 1. The van der Waals surface area contributed by atoms with Gasteiger partial charge in [0.15, 0.2) is 0 Å². The standard InChI is InChI=1S/C42H53F2N7O11/c1-4-11-28(35(53)39(57)46-19-30(52)49-33(36(45)54)23-12-7-5-8-13-23)48-37(55)29-18-25(47-42(61)62-21-22(2)3)20-51(29)40(58)34(24-14-9-6-10-15-24)50-38(56)31-26(43)16-17-27(44)32(31)41(59)60/h5,7-8,12-13,16-17,22,24-25,28-29,33-34H,4,6,9-11,14-15,18-21H2,1-3H3,(H2,45,54)(H,46,57)(H,47,61)(H,48,55)(H,49,52)(H,50,56)(H,59,60)/t25-,28?,29?,33+,34+/m1/s1. The number of aromatic carboxylic acids is 1. The first-order chi connectivity index (χ1) is 29.4. The molecule has 18 nitrogen and oxygen atoms in total. The second-order valence-electron chi connectivity index (χ2n) is 15.7. The number of nitrogens with zero attached hydrogens (tertiary/aromatic N) is 1. The van der Waals surface area contributed by atoms with Crippen LogP contribution >= 0.6 is 0 Å². The summed E-state index contributed by atoms with van der Waals surface area (Å²) in [7, 11) is 0. The molecule has 2 aromatic rings. The van der Waals surface area contributed by atoms with E-state index in [9.17, 15) is 52.6 Å². The van der Waals surface area contributed by atoms with E-state index < -0.39 is 119 Å². The van der Waals surface area contributed by atoms with Crippen LogP contribution in [0.4, 0.5) is 13.6 Å². The molecule has 7 amide bonds. The van der Waals surface area contributed by atoms with Gasteiger partial charge in [0.05, 0.1) is 30.8 Å². The van der Waals surface area contributed by atoms with Crippen molar-refractivity contribution in [1.82, 2.24) is 31.5 Å². The number of halogens is 2. The van der Waals surface area contributed by atoms with Crippen LogP contribution in [-0.2, 0) is 33.5 Å². The van der Waals surface area contributed by atoms with Crippen LogP contribution in [0.3, 0.4) is 0 Å². The molecule has 5 atom stereocenters. The van der Waals surface area contributed by atoms with Crippen LogP contribution in [-0.4, -0.2) is 107 Å². The molecule has 1 aliphatic heterocycles. The summed E-state index contributed by atoms with van der Waals surface area (Å²) in [5, 5.41) is 21.8. The van der Waals surface area contributed by atoms with Crippen LogP contribution in [0.15, 0.2) is 42.5 Å². The predicted octanol–water partition coefficient (Wildman–Crippen LogP) is 2.01. The number of ether oxygens (including phenoxy) is 1. The van der Waals surface area contributed by atoms with Gasteiger partial charge in [-0.25, -0.2) is 18.4 Å². The monoisotopic (exact) mass is 869 g/mol. The predicted molar refractivity (Wildman–Crippen MR) is 216 cm³/mol. The first-order valence-electron chi connectivity index (χ1n) is 20.4. The van der Waals surface area contributed by atoms with Gasteiger partial charge >= 0.3 is 12.1 Å². The zero-order chi connectivity index (χ0) is 45.7. The van der Waals surface area contributed by atoms with E-state index in [2.05, 4.69) is 26.6 Å². The third-order valence-corrected chi connectivity index (χ3v) is 10.5. The lowest BCUT2D eigenvalue weighted by Gasteiger charge is -2.35. The van der Waals surface area contributed by atoms with Crippen LogP contribution in [0.2, 0.25) is 0 Å². The number of carboxylic acid groups (broad SMARTS) is 1. The molecule has 2 unspecified atom stereocenters. The second-order valence-corrected chi connectivity index (χ2v) is 15.7. The number of amides is 7. The molecule has 0 bridgehead atoms. The Labute approximate surface area is 356 Å². The Morgan fingerprint density at radius 1 is 0.887 bits per heavy atom. The van der Waals surface area contributed by atoms with Crippen LogP contribution in [0.5, 0.6) is 0 Å². The Kier molecular flexibility index (Phi) is 17.4. The lowest BCUT2D eigenvalue weighted by atomic mass is 9.83. The number of carboxylic acids is 1. The Hall–Kier alpha value is -6.47. The second kappa shape index (κ2) is 22.4. The van der Waals surface area contributed by atoms with Crippen molar-refractivity contribution in [2.75, 3.05) is 19.7 Å². The molecule has 0 radical (unpaired) electrons. The highest BCUT2D eigenvalue weighted by molar-refractivity contribution is 6.38. The lowest BCUT2D eigenvalue weighted by molar-refractivity contribution is -0.143. The first-order valence-corrected chi connectivity index (χ1v) is 20.4. The molecular formula is C42H53F2N7O11. The maximum Gasteiger partial charge on any atom is 0.407 e. The molecule has 1 saturated heterocycles. The number of hydrogen-bond acceptors (Lipinski definition) is 10. The van der Waals surface area contributed by atoms with E-state index in [0.29, 0.717) is 43.4 Å². The minimum absolute atomic E-state index is 0.0219. The molecular weight excluding hydrogens is 816 g/mol. The van der Waals surface area contributed by atoms with E-state index in [1.807, 2.05) is 13.8 Å². The van der Waals surface area contributed by atoms with Crippen molar-refractivity contribution >= 4 is 53.3 Å². The summed E-state index contributed by atoms with van der Waals surface area (Å²) in [6.45, 7) is 4.31. The highest BCUT2D eigenvalue weighted by atomic mass is 19.1. The molecule has 0 aromatic heterocycles. The zero-order valence-corrected chi connectivity index (χ0v) is 34.7. The number of carbonyl (C=O) groups is 9. The van der Waals surface area contributed by atoms with E-state index >= 15 is 4.39 Å². The average molecular weight is 870 g/mol. The summed E-state index contributed by atoms with van der Waals surface area (Å²) >= 11 is 0. The summed E-state index contributed by atoms with van der Waals surface area (Å²) < 4.78 is 34.9. The zero-order valence-electron chi connectivity index (χ0n) is 34.7. The average Bonchev–Trinajstić information content (AvgIpc) is 3.67. The number of carbonyl (C=O) groups excluding carboxylic acids is 8. The van der Waals surface area contributed by atoms with Gasteiger partial charge < -0.3 is 47.1 Å². The fourth-order valence-corrected chi connectivity index (χ4v) is 7.51. The first kappa shape index (κ1) is 48.2. The van der Waals surface area contributed by atoms with E-state index in [-0.39, 0.29) is 38.3 Å². The maximum atomic E-state index is 15.0. The van der Waals surface area contributed by atoms with Gasteiger partial charge in [0.1, 0.15) is 35.3 Å². The van der Waals surface area contributed by atoms with Crippen molar-refractivity contribution in [1.29, 1.82) is 0 Å². The number of ketones is 1. The lowest BCUT2D eigenvalue weighted by Crippen LogP contribution is -2.58. The molecule has 2 aliphatic rings. The molecule has 62 heavy (non-hydrogen) atoms. The van der Waals surface area contributed by atoms with Crippen molar-refractivity contribution in [3.63, 3.8) is 0 Å².